The summed E-state index contributed by atoms with van der Waals surface area (Å²) in [6.45, 7) is 1.25. The Morgan fingerprint density at radius 2 is 1.85 bits per heavy atom. The van der Waals surface area contributed by atoms with Gasteiger partial charge < -0.3 is 14.8 Å². The second-order valence-electron chi connectivity index (χ2n) is 4.62. The van der Waals surface area contributed by atoms with Crippen LogP contribution in [0.3, 0.4) is 0 Å². The normalized spacial score (nSPS) is 12.1. The number of likely N-dealkylation sites (N-methyl/N-ethyl adjacent to an activating group) is 1. The molecule has 1 atom stereocenters. The molecule has 0 radical (unpaired) electrons. The molecule has 2 rings (SSSR count). The molecule has 1 unspecified atom stereocenters. The van der Waals surface area contributed by atoms with Crippen LogP contribution in [0.15, 0.2) is 54.6 Å². The number of hydrogen-bond donors (Lipinski definition) is 1. The van der Waals surface area contributed by atoms with Crippen molar-refractivity contribution in [2.45, 2.75) is 12.6 Å². The lowest BCUT2D eigenvalue weighted by Gasteiger charge is -2.17. The average Bonchev–Trinajstić information content (AvgIpc) is 2.52. The summed E-state index contributed by atoms with van der Waals surface area (Å²) in [5, 5.41) is 3.28. The van der Waals surface area contributed by atoms with Crippen molar-refractivity contribution in [3.05, 3.63) is 65.7 Å². The predicted octanol–water partition coefficient (Wildman–Crippen LogP) is 3.17. The van der Waals surface area contributed by atoms with Crippen LogP contribution in [0.25, 0.3) is 0 Å². The van der Waals surface area contributed by atoms with Crippen molar-refractivity contribution in [3.8, 4) is 5.75 Å². The fourth-order valence-corrected chi connectivity index (χ4v) is 2.07. The molecule has 0 aliphatic heterocycles. The molecular weight excluding hydrogens is 250 g/mol. The molecule has 106 valence electrons. The quantitative estimate of drug-likeness (QED) is 0.839. The molecule has 20 heavy (non-hydrogen) atoms. The Morgan fingerprint density at radius 3 is 2.55 bits per heavy atom. The molecule has 0 bridgehead atoms. The Labute approximate surface area is 120 Å². The second kappa shape index (κ2) is 7.68. The van der Waals surface area contributed by atoms with Gasteiger partial charge in [0.2, 0.25) is 0 Å². The minimum absolute atomic E-state index is 0.161. The van der Waals surface area contributed by atoms with Gasteiger partial charge in [0.25, 0.3) is 0 Å². The summed E-state index contributed by atoms with van der Waals surface area (Å²) in [6.07, 6.45) is 0. The average molecular weight is 271 g/mol. The van der Waals surface area contributed by atoms with E-state index in [1.807, 2.05) is 43.4 Å². The zero-order valence-corrected chi connectivity index (χ0v) is 12.0. The van der Waals surface area contributed by atoms with Crippen molar-refractivity contribution in [1.29, 1.82) is 0 Å². The van der Waals surface area contributed by atoms with Gasteiger partial charge >= 0.3 is 0 Å². The first-order chi connectivity index (χ1) is 9.83. The van der Waals surface area contributed by atoms with Gasteiger partial charge in [-0.2, -0.15) is 0 Å². The Balaban J connectivity index is 1.91. The molecule has 0 aliphatic carbocycles. The molecule has 1 N–H and O–H groups in total. The summed E-state index contributed by atoms with van der Waals surface area (Å²) in [4.78, 5) is 0. The number of benzene rings is 2. The smallest absolute Gasteiger partial charge is 0.119 e. The van der Waals surface area contributed by atoms with Gasteiger partial charge in [-0.1, -0.05) is 42.5 Å². The Kier molecular flexibility index (Phi) is 5.59. The molecule has 0 heterocycles. The van der Waals surface area contributed by atoms with E-state index in [4.69, 9.17) is 9.47 Å². The summed E-state index contributed by atoms with van der Waals surface area (Å²) in [7, 11) is 3.62. The van der Waals surface area contributed by atoms with Gasteiger partial charge in [0.1, 0.15) is 5.75 Å². The highest BCUT2D eigenvalue weighted by molar-refractivity contribution is 5.30. The molecule has 0 aromatic heterocycles. The van der Waals surface area contributed by atoms with Crippen LogP contribution in [0, 0.1) is 0 Å². The van der Waals surface area contributed by atoms with Crippen LogP contribution >= 0.6 is 0 Å². The summed E-state index contributed by atoms with van der Waals surface area (Å²) >= 11 is 0. The summed E-state index contributed by atoms with van der Waals surface area (Å²) in [5.74, 6) is 0.866. The van der Waals surface area contributed by atoms with Gasteiger partial charge in [0, 0.05) is 0 Å². The second-order valence-corrected chi connectivity index (χ2v) is 4.62. The van der Waals surface area contributed by atoms with Gasteiger partial charge in [-0.15, -0.1) is 0 Å². The minimum atomic E-state index is 0.161. The maximum absolute atomic E-state index is 5.80. The third kappa shape index (κ3) is 4.08. The van der Waals surface area contributed by atoms with E-state index in [0.29, 0.717) is 13.2 Å². The van der Waals surface area contributed by atoms with Crippen molar-refractivity contribution in [3.63, 3.8) is 0 Å². The van der Waals surface area contributed by atoms with E-state index in [9.17, 15) is 0 Å². The first kappa shape index (κ1) is 14.6. The van der Waals surface area contributed by atoms with Crippen molar-refractivity contribution >= 4 is 0 Å². The number of rotatable bonds is 7. The summed E-state index contributed by atoms with van der Waals surface area (Å²) in [6, 6.07) is 18.4. The van der Waals surface area contributed by atoms with E-state index in [1.165, 1.54) is 11.1 Å². The highest BCUT2D eigenvalue weighted by atomic mass is 16.5. The molecule has 0 aliphatic rings. The van der Waals surface area contributed by atoms with Crippen LogP contribution in [0.5, 0.6) is 5.75 Å². The monoisotopic (exact) mass is 271 g/mol. The van der Waals surface area contributed by atoms with Crippen molar-refractivity contribution in [2.75, 3.05) is 20.8 Å². The molecule has 2 aromatic rings. The van der Waals surface area contributed by atoms with E-state index in [2.05, 4.69) is 23.5 Å². The molecule has 0 saturated heterocycles. The van der Waals surface area contributed by atoms with E-state index in [-0.39, 0.29) is 6.04 Å². The summed E-state index contributed by atoms with van der Waals surface area (Å²) < 4.78 is 11.1. The Morgan fingerprint density at radius 1 is 1.05 bits per heavy atom. The minimum Gasteiger partial charge on any atom is -0.497 e. The van der Waals surface area contributed by atoms with Gasteiger partial charge in [-0.3, -0.25) is 0 Å². The van der Waals surface area contributed by atoms with Crippen LogP contribution in [-0.2, 0) is 11.3 Å². The molecule has 3 heteroatoms. The van der Waals surface area contributed by atoms with Gasteiger partial charge in [0.15, 0.2) is 0 Å². The van der Waals surface area contributed by atoms with Crippen LogP contribution in [-0.4, -0.2) is 20.8 Å². The highest BCUT2D eigenvalue weighted by Crippen LogP contribution is 2.19. The van der Waals surface area contributed by atoms with Crippen molar-refractivity contribution in [2.24, 2.45) is 0 Å². The number of hydrogen-bond acceptors (Lipinski definition) is 3. The molecular formula is C17H21NO2. The first-order valence-electron chi connectivity index (χ1n) is 6.76. The lowest BCUT2D eigenvalue weighted by Crippen LogP contribution is -2.21. The van der Waals surface area contributed by atoms with Gasteiger partial charge in [0.05, 0.1) is 26.4 Å². The SMILES string of the molecule is CNC(COCc1ccccc1)c1cccc(OC)c1. The molecule has 0 spiro atoms. The maximum atomic E-state index is 5.80. The van der Waals surface area contributed by atoms with Crippen LogP contribution in [0.4, 0.5) is 0 Å². The fourth-order valence-electron chi connectivity index (χ4n) is 2.07. The number of ether oxygens (including phenoxy) is 2. The summed E-state index contributed by atoms with van der Waals surface area (Å²) in [5.41, 5.74) is 2.35. The third-order valence-corrected chi connectivity index (χ3v) is 3.24. The lowest BCUT2D eigenvalue weighted by atomic mass is 10.1. The number of methoxy groups -OCH3 is 1. The Hall–Kier alpha value is -1.84. The first-order valence-corrected chi connectivity index (χ1v) is 6.76. The van der Waals surface area contributed by atoms with E-state index in [1.54, 1.807) is 7.11 Å². The fraction of sp³-hybridized carbons (Fsp3) is 0.294. The van der Waals surface area contributed by atoms with Crippen molar-refractivity contribution in [1.82, 2.24) is 5.32 Å². The predicted molar refractivity (Wildman–Crippen MR) is 80.9 cm³/mol. The Bertz CT molecular complexity index is 513. The molecule has 0 amide bonds. The van der Waals surface area contributed by atoms with E-state index in [0.717, 1.165) is 5.75 Å². The van der Waals surface area contributed by atoms with Crippen LogP contribution in [0.2, 0.25) is 0 Å². The zero-order chi connectivity index (χ0) is 14.2. The number of nitrogens with one attached hydrogen (secondary N) is 1. The highest BCUT2D eigenvalue weighted by Gasteiger charge is 2.10. The van der Waals surface area contributed by atoms with Gasteiger partial charge in [-0.25, -0.2) is 0 Å². The standard InChI is InChI=1S/C17H21NO2/c1-18-17(15-9-6-10-16(11-15)19-2)13-20-12-14-7-4-3-5-8-14/h3-11,17-18H,12-13H2,1-2H3. The van der Waals surface area contributed by atoms with E-state index >= 15 is 0 Å². The maximum Gasteiger partial charge on any atom is 0.119 e. The lowest BCUT2D eigenvalue weighted by molar-refractivity contribution is 0.101. The largest absolute Gasteiger partial charge is 0.497 e. The topological polar surface area (TPSA) is 30.5 Å². The molecule has 0 saturated carbocycles. The van der Waals surface area contributed by atoms with Crippen LogP contribution in [0.1, 0.15) is 17.2 Å². The van der Waals surface area contributed by atoms with Crippen LogP contribution < -0.4 is 10.1 Å². The van der Waals surface area contributed by atoms with Gasteiger partial charge in [-0.05, 0) is 30.3 Å². The molecule has 0 fully saturated rings. The van der Waals surface area contributed by atoms with E-state index < -0.39 is 0 Å². The molecule has 2 aromatic carbocycles. The zero-order valence-electron chi connectivity index (χ0n) is 12.0. The third-order valence-electron chi connectivity index (χ3n) is 3.24. The molecule has 3 nitrogen and oxygen atoms in total. The van der Waals surface area contributed by atoms with Crippen molar-refractivity contribution < 1.29 is 9.47 Å².